The Kier molecular flexibility index (Phi) is 6.75. The van der Waals surface area contributed by atoms with E-state index in [9.17, 15) is 5.11 Å². The van der Waals surface area contributed by atoms with Crippen LogP contribution in [0.3, 0.4) is 0 Å². The monoisotopic (exact) mass is 318 g/mol. The van der Waals surface area contributed by atoms with E-state index in [0.717, 1.165) is 15.1 Å². The highest BCUT2D eigenvalue weighted by molar-refractivity contribution is 9.11. The van der Waals surface area contributed by atoms with E-state index in [4.69, 9.17) is 0 Å². The molecule has 0 amide bonds. The minimum Gasteiger partial charge on any atom is -0.388 e. The van der Waals surface area contributed by atoms with Crippen LogP contribution in [0.1, 0.15) is 62.5 Å². The zero-order valence-corrected chi connectivity index (χ0v) is 13.4. The van der Waals surface area contributed by atoms with Crippen molar-refractivity contribution >= 4 is 27.3 Å². The first-order valence-corrected chi connectivity index (χ1v) is 8.13. The maximum absolute atomic E-state index is 10.2. The van der Waals surface area contributed by atoms with Crippen molar-refractivity contribution < 1.29 is 5.11 Å². The molecule has 0 aliphatic heterocycles. The van der Waals surface area contributed by atoms with Crippen molar-refractivity contribution in [3.05, 3.63) is 20.3 Å². The zero-order chi connectivity index (χ0) is 12.8. The van der Waals surface area contributed by atoms with Crippen molar-refractivity contribution in [1.29, 1.82) is 0 Å². The summed E-state index contributed by atoms with van der Waals surface area (Å²) in [4.78, 5) is 1.10. The second-order valence-corrected chi connectivity index (χ2v) is 7.18. The summed E-state index contributed by atoms with van der Waals surface area (Å²) < 4.78 is 1.15. The van der Waals surface area contributed by atoms with Crippen LogP contribution in [0.5, 0.6) is 0 Å². The van der Waals surface area contributed by atoms with Gasteiger partial charge in [-0.15, -0.1) is 11.3 Å². The van der Waals surface area contributed by atoms with Crippen LogP contribution in [0, 0.1) is 12.8 Å². The Bertz CT molecular complexity index is 315. The SMILES string of the molecule is CCCCC(CC)CC(O)c1cc(C)c(Br)s1. The third-order valence-electron chi connectivity index (χ3n) is 3.30. The third kappa shape index (κ3) is 4.72. The number of aliphatic hydroxyl groups excluding tert-OH is 1. The topological polar surface area (TPSA) is 20.2 Å². The predicted octanol–water partition coefficient (Wildman–Crippen LogP) is 5.46. The van der Waals surface area contributed by atoms with Crippen molar-refractivity contribution in [2.75, 3.05) is 0 Å². The Labute approximate surface area is 117 Å². The molecule has 2 atom stereocenters. The van der Waals surface area contributed by atoms with E-state index in [1.54, 1.807) is 11.3 Å². The molecule has 1 heterocycles. The van der Waals surface area contributed by atoms with E-state index < -0.39 is 0 Å². The molecule has 1 N–H and O–H groups in total. The molecule has 98 valence electrons. The summed E-state index contributed by atoms with van der Waals surface area (Å²) in [7, 11) is 0. The van der Waals surface area contributed by atoms with Crippen LogP contribution < -0.4 is 0 Å². The molecule has 1 nitrogen and oxygen atoms in total. The molecule has 0 bridgehead atoms. The van der Waals surface area contributed by atoms with E-state index in [-0.39, 0.29) is 6.10 Å². The number of hydrogen-bond donors (Lipinski definition) is 1. The van der Waals surface area contributed by atoms with Crippen molar-refractivity contribution in [3.8, 4) is 0 Å². The van der Waals surface area contributed by atoms with Crippen molar-refractivity contribution in [1.82, 2.24) is 0 Å². The van der Waals surface area contributed by atoms with Gasteiger partial charge in [0, 0.05) is 4.88 Å². The smallest absolute Gasteiger partial charge is 0.0885 e. The van der Waals surface area contributed by atoms with E-state index in [2.05, 4.69) is 42.8 Å². The van der Waals surface area contributed by atoms with Gasteiger partial charge in [-0.1, -0.05) is 39.5 Å². The number of rotatable bonds is 7. The van der Waals surface area contributed by atoms with Gasteiger partial charge in [-0.2, -0.15) is 0 Å². The van der Waals surface area contributed by atoms with Crippen molar-refractivity contribution in [2.45, 2.75) is 59.0 Å². The summed E-state index contributed by atoms with van der Waals surface area (Å²) in [6.07, 6.45) is 5.56. The lowest BCUT2D eigenvalue weighted by atomic mass is 9.92. The van der Waals surface area contributed by atoms with Gasteiger partial charge in [0.15, 0.2) is 0 Å². The molecule has 0 saturated heterocycles. The maximum atomic E-state index is 10.2. The van der Waals surface area contributed by atoms with Gasteiger partial charge in [-0.05, 0) is 46.8 Å². The average molecular weight is 319 g/mol. The Hall–Kier alpha value is 0.140. The molecule has 0 aromatic carbocycles. The Morgan fingerprint density at radius 1 is 1.41 bits per heavy atom. The molecule has 2 unspecified atom stereocenters. The van der Waals surface area contributed by atoms with Gasteiger partial charge in [-0.25, -0.2) is 0 Å². The van der Waals surface area contributed by atoms with Crippen molar-refractivity contribution in [2.24, 2.45) is 5.92 Å². The van der Waals surface area contributed by atoms with E-state index >= 15 is 0 Å². The third-order valence-corrected chi connectivity index (χ3v) is 5.54. The standard InChI is InChI=1S/C14H23BrOS/c1-4-6-7-11(5-2)9-12(16)13-8-10(3)14(15)17-13/h8,11-12,16H,4-7,9H2,1-3H3. The molecule has 0 radical (unpaired) electrons. The molecule has 0 saturated carbocycles. The molecule has 1 aromatic rings. The fraction of sp³-hybridized carbons (Fsp3) is 0.714. The largest absolute Gasteiger partial charge is 0.388 e. The Balaban J connectivity index is 2.54. The average Bonchev–Trinajstić information content (AvgIpc) is 2.65. The fourth-order valence-electron chi connectivity index (χ4n) is 2.06. The number of unbranched alkanes of at least 4 members (excludes halogenated alkanes) is 1. The molecule has 17 heavy (non-hydrogen) atoms. The van der Waals surface area contributed by atoms with Crippen LogP contribution in [0.25, 0.3) is 0 Å². The van der Waals surface area contributed by atoms with Crippen LogP contribution in [0.15, 0.2) is 9.85 Å². The minimum absolute atomic E-state index is 0.285. The van der Waals surface area contributed by atoms with Gasteiger partial charge in [0.05, 0.1) is 9.89 Å². The molecule has 1 rings (SSSR count). The number of aliphatic hydroxyl groups is 1. The number of halogens is 1. The number of aryl methyl sites for hydroxylation is 1. The second-order valence-electron chi connectivity index (χ2n) is 4.77. The quantitative estimate of drug-likeness (QED) is 0.707. The molecule has 0 spiro atoms. The van der Waals surface area contributed by atoms with Crippen molar-refractivity contribution in [3.63, 3.8) is 0 Å². The summed E-state index contributed by atoms with van der Waals surface area (Å²) in [6, 6.07) is 2.10. The highest BCUT2D eigenvalue weighted by atomic mass is 79.9. The predicted molar refractivity (Wildman–Crippen MR) is 79.6 cm³/mol. The first kappa shape index (κ1) is 15.2. The lowest BCUT2D eigenvalue weighted by Gasteiger charge is -2.17. The van der Waals surface area contributed by atoms with Gasteiger partial charge in [0.1, 0.15) is 0 Å². The van der Waals surface area contributed by atoms with E-state index in [1.807, 2.05) is 0 Å². The first-order valence-electron chi connectivity index (χ1n) is 6.52. The van der Waals surface area contributed by atoms with Gasteiger partial charge < -0.3 is 5.11 Å². The molecule has 0 aliphatic rings. The minimum atomic E-state index is -0.285. The second kappa shape index (κ2) is 7.55. The number of hydrogen-bond acceptors (Lipinski definition) is 2. The summed E-state index contributed by atoms with van der Waals surface area (Å²) in [5, 5.41) is 10.2. The lowest BCUT2D eigenvalue weighted by Crippen LogP contribution is -2.05. The Morgan fingerprint density at radius 3 is 2.59 bits per heavy atom. The Morgan fingerprint density at radius 2 is 2.12 bits per heavy atom. The zero-order valence-electron chi connectivity index (χ0n) is 11.0. The van der Waals surface area contributed by atoms with Gasteiger partial charge in [0.2, 0.25) is 0 Å². The maximum Gasteiger partial charge on any atom is 0.0885 e. The van der Waals surface area contributed by atoms with Crippen LogP contribution in [-0.4, -0.2) is 5.11 Å². The van der Waals surface area contributed by atoms with Crippen LogP contribution >= 0.6 is 27.3 Å². The van der Waals surface area contributed by atoms with Crippen LogP contribution in [-0.2, 0) is 0 Å². The first-order chi connectivity index (χ1) is 8.08. The molecule has 0 aliphatic carbocycles. The molecular weight excluding hydrogens is 296 g/mol. The summed E-state index contributed by atoms with van der Waals surface area (Å²) in [6.45, 7) is 6.52. The highest BCUT2D eigenvalue weighted by Gasteiger charge is 2.17. The normalized spacial score (nSPS) is 14.9. The molecule has 3 heteroatoms. The lowest BCUT2D eigenvalue weighted by molar-refractivity contribution is 0.142. The summed E-state index contributed by atoms with van der Waals surface area (Å²) >= 11 is 5.18. The van der Waals surface area contributed by atoms with E-state index in [0.29, 0.717) is 5.92 Å². The van der Waals surface area contributed by atoms with Crippen LogP contribution in [0.2, 0.25) is 0 Å². The van der Waals surface area contributed by atoms with Gasteiger partial charge in [-0.3, -0.25) is 0 Å². The fourth-order valence-corrected chi connectivity index (χ4v) is 3.63. The van der Waals surface area contributed by atoms with Crippen LogP contribution in [0.4, 0.5) is 0 Å². The number of thiophene rings is 1. The molecule has 0 fully saturated rings. The summed E-state index contributed by atoms with van der Waals surface area (Å²) in [5.74, 6) is 0.658. The van der Waals surface area contributed by atoms with Gasteiger partial charge in [0.25, 0.3) is 0 Å². The highest BCUT2D eigenvalue weighted by Crippen LogP contribution is 2.35. The molecule has 1 aromatic heterocycles. The molecular formula is C14H23BrOS. The van der Waals surface area contributed by atoms with E-state index in [1.165, 1.54) is 31.2 Å². The van der Waals surface area contributed by atoms with Gasteiger partial charge >= 0.3 is 0 Å². The summed E-state index contributed by atoms with van der Waals surface area (Å²) in [5.41, 5.74) is 1.23.